The third-order valence-corrected chi connectivity index (χ3v) is 3.54. The second kappa shape index (κ2) is 9.09. The van der Waals surface area contributed by atoms with Crippen molar-refractivity contribution in [3.63, 3.8) is 0 Å². The van der Waals surface area contributed by atoms with Crippen molar-refractivity contribution in [2.45, 2.75) is 33.3 Å². The van der Waals surface area contributed by atoms with Crippen molar-refractivity contribution in [1.29, 1.82) is 0 Å². The van der Waals surface area contributed by atoms with Gasteiger partial charge in [-0.05, 0) is 57.2 Å². The van der Waals surface area contributed by atoms with Crippen LogP contribution < -0.4 is 20.7 Å². The van der Waals surface area contributed by atoms with Gasteiger partial charge in [-0.15, -0.1) is 0 Å². The van der Waals surface area contributed by atoms with E-state index in [9.17, 15) is 14.4 Å². The topological polar surface area (TPSA) is 106 Å². The van der Waals surface area contributed by atoms with E-state index in [-0.39, 0.29) is 11.8 Å². The second-order valence-corrected chi connectivity index (χ2v) is 7.26. The van der Waals surface area contributed by atoms with E-state index in [1.54, 1.807) is 57.2 Å². The number of methoxy groups -OCH3 is 1. The summed E-state index contributed by atoms with van der Waals surface area (Å²) in [6, 6.07) is 11.4. The predicted molar refractivity (Wildman–Crippen MR) is 112 cm³/mol. The van der Waals surface area contributed by atoms with Gasteiger partial charge in [0.05, 0.1) is 12.8 Å². The number of hydrogen-bond donors (Lipinski definition) is 3. The second-order valence-electron chi connectivity index (χ2n) is 7.26. The van der Waals surface area contributed by atoms with Crippen LogP contribution in [0.4, 0.5) is 21.9 Å². The highest BCUT2D eigenvalue weighted by Crippen LogP contribution is 2.28. The lowest BCUT2D eigenvalue weighted by molar-refractivity contribution is -0.114. The highest BCUT2D eigenvalue weighted by molar-refractivity contribution is 6.05. The van der Waals surface area contributed by atoms with Gasteiger partial charge >= 0.3 is 6.09 Å². The Kier molecular flexibility index (Phi) is 6.82. The van der Waals surface area contributed by atoms with Crippen LogP contribution in [0.1, 0.15) is 38.1 Å². The highest BCUT2D eigenvalue weighted by atomic mass is 16.6. The van der Waals surface area contributed by atoms with Gasteiger partial charge in [0.2, 0.25) is 5.91 Å². The van der Waals surface area contributed by atoms with Gasteiger partial charge in [-0.2, -0.15) is 0 Å². The van der Waals surface area contributed by atoms with Crippen LogP contribution in [-0.4, -0.2) is 30.6 Å². The van der Waals surface area contributed by atoms with Crippen LogP contribution in [0.2, 0.25) is 0 Å². The number of anilines is 3. The Balaban J connectivity index is 2.13. The van der Waals surface area contributed by atoms with Crippen molar-refractivity contribution in [2.24, 2.45) is 0 Å². The normalized spacial score (nSPS) is 10.7. The molecule has 0 aromatic heterocycles. The molecule has 154 valence electrons. The Bertz CT molecular complexity index is 919. The number of nitrogens with one attached hydrogen (secondary N) is 3. The predicted octanol–water partition coefficient (Wildman–Crippen LogP) is 4.25. The molecule has 0 saturated heterocycles. The minimum absolute atomic E-state index is 0.257. The van der Waals surface area contributed by atoms with Crippen LogP contribution in [0.25, 0.3) is 0 Å². The molecule has 0 saturated carbocycles. The number of benzene rings is 2. The molecule has 0 heterocycles. The van der Waals surface area contributed by atoms with Crippen LogP contribution in [0.5, 0.6) is 5.75 Å². The Labute approximate surface area is 169 Å². The molecule has 8 heteroatoms. The van der Waals surface area contributed by atoms with Crippen molar-refractivity contribution in [2.75, 3.05) is 23.1 Å². The Morgan fingerprint density at radius 3 is 2.21 bits per heavy atom. The van der Waals surface area contributed by atoms with Gasteiger partial charge in [-0.25, -0.2) is 4.79 Å². The van der Waals surface area contributed by atoms with E-state index >= 15 is 0 Å². The van der Waals surface area contributed by atoms with Crippen molar-refractivity contribution in [3.05, 3.63) is 48.0 Å². The fourth-order valence-electron chi connectivity index (χ4n) is 2.44. The molecular weight excluding hydrogens is 374 g/mol. The van der Waals surface area contributed by atoms with Crippen LogP contribution in [-0.2, 0) is 9.53 Å². The summed E-state index contributed by atoms with van der Waals surface area (Å²) < 4.78 is 10.4. The first-order chi connectivity index (χ1) is 13.6. The molecule has 29 heavy (non-hydrogen) atoms. The van der Waals surface area contributed by atoms with Crippen LogP contribution in [0.15, 0.2) is 42.5 Å². The quantitative estimate of drug-likeness (QED) is 0.697. The molecule has 2 rings (SSSR count). The average Bonchev–Trinajstić information content (AvgIpc) is 2.60. The fraction of sp³-hybridized carbons (Fsp3) is 0.286. The maximum absolute atomic E-state index is 12.6. The van der Waals surface area contributed by atoms with Gasteiger partial charge in [-0.3, -0.25) is 14.9 Å². The van der Waals surface area contributed by atoms with Gasteiger partial charge in [0.25, 0.3) is 5.91 Å². The van der Waals surface area contributed by atoms with E-state index < -0.39 is 11.7 Å². The standard InChI is InChI=1S/C21H25N3O5/c1-13(25)22-17-12-16(9-10-18(17)28-5)23-19(26)14-7-6-8-15(11-14)24-20(27)29-21(2,3)4/h6-12H,1-5H3,(H,22,25)(H,23,26)(H,24,27). The zero-order valence-electron chi connectivity index (χ0n) is 17.1. The van der Waals surface area contributed by atoms with E-state index in [4.69, 9.17) is 9.47 Å². The van der Waals surface area contributed by atoms with Gasteiger partial charge in [0.1, 0.15) is 11.4 Å². The Morgan fingerprint density at radius 2 is 1.59 bits per heavy atom. The number of ether oxygens (including phenoxy) is 2. The first-order valence-electron chi connectivity index (χ1n) is 8.94. The Hall–Kier alpha value is -3.55. The molecule has 3 amide bonds. The van der Waals surface area contributed by atoms with E-state index in [1.165, 1.54) is 20.1 Å². The molecule has 3 N–H and O–H groups in total. The summed E-state index contributed by atoms with van der Waals surface area (Å²) in [6.45, 7) is 6.68. The minimum Gasteiger partial charge on any atom is -0.495 e. The zero-order valence-corrected chi connectivity index (χ0v) is 17.1. The first kappa shape index (κ1) is 21.7. The number of rotatable bonds is 5. The minimum atomic E-state index is -0.626. The van der Waals surface area contributed by atoms with E-state index in [0.29, 0.717) is 28.4 Å². The molecule has 0 aliphatic carbocycles. The molecule has 2 aromatic rings. The lowest BCUT2D eigenvalue weighted by atomic mass is 10.1. The molecule has 0 unspecified atom stereocenters. The molecule has 0 aliphatic heterocycles. The third kappa shape index (κ3) is 6.84. The van der Waals surface area contributed by atoms with Crippen molar-refractivity contribution >= 4 is 35.0 Å². The number of carbonyl (C=O) groups is 3. The number of amides is 3. The van der Waals surface area contributed by atoms with Crippen molar-refractivity contribution < 1.29 is 23.9 Å². The lowest BCUT2D eigenvalue weighted by Gasteiger charge is -2.19. The van der Waals surface area contributed by atoms with Crippen molar-refractivity contribution in [1.82, 2.24) is 0 Å². The SMILES string of the molecule is COc1ccc(NC(=O)c2cccc(NC(=O)OC(C)(C)C)c2)cc1NC(C)=O. The molecule has 0 bridgehead atoms. The Morgan fingerprint density at radius 1 is 0.897 bits per heavy atom. The fourth-order valence-corrected chi connectivity index (χ4v) is 2.44. The summed E-state index contributed by atoms with van der Waals surface area (Å²) in [5.41, 5.74) is 1.07. The summed E-state index contributed by atoms with van der Waals surface area (Å²) in [6.07, 6.45) is -0.606. The average molecular weight is 399 g/mol. The van der Waals surface area contributed by atoms with E-state index in [2.05, 4.69) is 16.0 Å². The van der Waals surface area contributed by atoms with Crippen LogP contribution >= 0.6 is 0 Å². The summed E-state index contributed by atoms with van der Waals surface area (Å²) in [5, 5.41) is 8.00. The third-order valence-electron chi connectivity index (χ3n) is 3.54. The molecule has 0 atom stereocenters. The smallest absolute Gasteiger partial charge is 0.412 e. The van der Waals surface area contributed by atoms with Gasteiger partial charge in [0, 0.05) is 23.9 Å². The first-order valence-corrected chi connectivity index (χ1v) is 8.94. The van der Waals surface area contributed by atoms with Gasteiger partial charge in [0.15, 0.2) is 0 Å². The molecule has 2 aromatic carbocycles. The molecule has 0 fully saturated rings. The lowest BCUT2D eigenvalue weighted by Crippen LogP contribution is -2.27. The zero-order chi connectivity index (χ0) is 21.6. The molecular formula is C21H25N3O5. The highest BCUT2D eigenvalue weighted by Gasteiger charge is 2.17. The van der Waals surface area contributed by atoms with E-state index in [1.807, 2.05) is 0 Å². The largest absolute Gasteiger partial charge is 0.495 e. The summed E-state index contributed by atoms with van der Waals surface area (Å²) in [4.78, 5) is 35.9. The van der Waals surface area contributed by atoms with Crippen LogP contribution in [0.3, 0.4) is 0 Å². The molecule has 8 nitrogen and oxygen atoms in total. The summed E-state index contributed by atoms with van der Waals surface area (Å²) in [5.74, 6) is -0.161. The number of carbonyl (C=O) groups excluding carboxylic acids is 3. The summed E-state index contributed by atoms with van der Waals surface area (Å²) >= 11 is 0. The van der Waals surface area contributed by atoms with Gasteiger partial charge < -0.3 is 20.1 Å². The van der Waals surface area contributed by atoms with E-state index in [0.717, 1.165) is 0 Å². The van der Waals surface area contributed by atoms with Crippen LogP contribution in [0, 0.1) is 0 Å². The molecule has 0 aliphatic rings. The maximum Gasteiger partial charge on any atom is 0.412 e. The number of hydrogen-bond acceptors (Lipinski definition) is 5. The summed E-state index contributed by atoms with van der Waals surface area (Å²) in [7, 11) is 1.49. The molecule has 0 spiro atoms. The maximum atomic E-state index is 12.6. The van der Waals surface area contributed by atoms with Gasteiger partial charge in [-0.1, -0.05) is 6.07 Å². The molecule has 0 radical (unpaired) electrons. The monoisotopic (exact) mass is 399 g/mol. The van der Waals surface area contributed by atoms with Crippen molar-refractivity contribution in [3.8, 4) is 5.75 Å².